The van der Waals surface area contributed by atoms with Crippen LogP contribution in [0.3, 0.4) is 0 Å². The van der Waals surface area contributed by atoms with Gasteiger partial charge in [-0.2, -0.15) is 0 Å². The summed E-state index contributed by atoms with van der Waals surface area (Å²) in [7, 11) is 1.32. The average molecular weight is 459 g/mol. The fraction of sp³-hybridized carbons (Fsp3) is 0.583. The number of fused-ring (bicyclic) bond motifs is 1. The van der Waals surface area contributed by atoms with Crippen molar-refractivity contribution in [3.05, 3.63) is 29.6 Å². The zero-order valence-electron chi connectivity index (χ0n) is 19.8. The van der Waals surface area contributed by atoms with Crippen LogP contribution in [-0.2, 0) is 19.7 Å². The first-order valence-electron chi connectivity index (χ1n) is 11.5. The molecule has 0 spiro atoms. The van der Waals surface area contributed by atoms with Gasteiger partial charge in [-0.1, -0.05) is 40.0 Å². The van der Waals surface area contributed by atoms with Crippen LogP contribution in [0.1, 0.15) is 75.3 Å². The van der Waals surface area contributed by atoms with Gasteiger partial charge in [0.15, 0.2) is 5.65 Å². The maximum absolute atomic E-state index is 13.3. The topological polar surface area (TPSA) is 122 Å². The van der Waals surface area contributed by atoms with E-state index in [0.29, 0.717) is 22.7 Å². The fourth-order valence-electron chi connectivity index (χ4n) is 4.47. The first-order chi connectivity index (χ1) is 15.6. The molecule has 9 nitrogen and oxygen atoms in total. The Morgan fingerprint density at radius 1 is 1.24 bits per heavy atom. The highest BCUT2D eigenvalue weighted by Crippen LogP contribution is 2.32. The standard InChI is InChI=1S/C24H34N4O5/c1-24(2,3)20-22(25-14-19(31)33-4)28-12-8-11-16(21(28)27-20)23(32)26-17(13-18(29)30)15-9-6-5-7-10-15/h8,11-12,15,17,25H,5-7,9-10,13-14H2,1-4H3,(H,26,32)(H,29,30). The molecular weight excluding hydrogens is 424 g/mol. The second-order valence-electron chi connectivity index (χ2n) is 9.68. The molecule has 180 valence electrons. The van der Waals surface area contributed by atoms with Gasteiger partial charge in [-0.15, -0.1) is 0 Å². The number of ether oxygens (including phenoxy) is 1. The minimum atomic E-state index is -0.922. The fourth-order valence-corrected chi connectivity index (χ4v) is 4.47. The summed E-state index contributed by atoms with van der Waals surface area (Å²) in [4.78, 5) is 41.3. The molecule has 1 atom stereocenters. The van der Waals surface area contributed by atoms with Crippen molar-refractivity contribution in [1.29, 1.82) is 0 Å². The molecule has 0 aliphatic heterocycles. The number of carboxylic acid groups (broad SMARTS) is 1. The van der Waals surface area contributed by atoms with E-state index in [2.05, 4.69) is 10.6 Å². The van der Waals surface area contributed by atoms with Gasteiger partial charge in [-0.3, -0.25) is 18.8 Å². The number of anilines is 1. The van der Waals surface area contributed by atoms with Crippen molar-refractivity contribution in [3.8, 4) is 0 Å². The highest BCUT2D eigenvalue weighted by molar-refractivity contribution is 6.00. The summed E-state index contributed by atoms with van der Waals surface area (Å²) in [6.07, 6.45) is 6.77. The number of carbonyl (C=O) groups excluding carboxylic acids is 2. The first kappa shape index (κ1) is 24.5. The number of esters is 1. The molecule has 0 radical (unpaired) electrons. The van der Waals surface area contributed by atoms with E-state index in [9.17, 15) is 19.5 Å². The number of carbonyl (C=O) groups is 3. The lowest BCUT2D eigenvalue weighted by Crippen LogP contribution is -2.42. The Labute approximate surface area is 193 Å². The molecule has 1 amide bonds. The van der Waals surface area contributed by atoms with Crippen molar-refractivity contribution in [2.45, 2.75) is 70.8 Å². The minimum absolute atomic E-state index is 0.0356. The molecular formula is C24H34N4O5. The zero-order valence-corrected chi connectivity index (χ0v) is 19.8. The number of nitrogens with one attached hydrogen (secondary N) is 2. The lowest BCUT2D eigenvalue weighted by Gasteiger charge is -2.30. The summed E-state index contributed by atoms with van der Waals surface area (Å²) in [5.74, 6) is -0.910. The molecule has 1 unspecified atom stereocenters. The van der Waals surface area contributed by atoms with Crippen LogP contribution in [0, 0.1) is 5.92 Å². The van der Waals surface area contributed by atoms with E-state index in [-0.39, 0.29) is 30.2 Å². The third kappa shape index (κ3) is 5.83. The number of pyridine rings is 1. The number of methoxy groups -OCH3 is 1. The maximum Gasteiger partial charge on any atom is 0.325 e. The van der Waals surface area contributed by atoms with E-state index in [4.69, 9.17) is 9.72 Å². The molecule has 1 aliphatic carbocycles. The van der Waals surface area contributed by atoms with Gasteiger partial charge in [-0.25, -0.2) is 4.98 Å². The summed E-state index contributed by atoms with van der Waals surface area (Å²) in [6.45, 7) is 5.98. The molecule has 1 saturated carbocycles. The van der Waals surface area contributed by atoms with Crippen LogP contribution in [0.2, 0.25) is 0 Å². The second kappa shape index (κ2) is 10.2. The number of aliphatic carboxylic acids is 1. The smallest absolute Gasteiger partial charge is 0.325 e. The zero-order chi connectivity index (χ0) is 24.2. The third-order valence-electron chi connectivity index (χ3n) is 6.16. The molecule has 2 heterocycles. The van der Waals surface area contributed by atoms with Gasteiger partial charge in [-0.05, 0) is 30.9 Å². The van der Waals surface area contributed by atoms with Crippen LogP contribution >= 0.6 is 0 Å². The molecule has 3 rings (SSSR count). The molecule has 0 aromatic carbocycles. The van der Waals surface area contributed by atoms with E-state index in [1.165, 1.54) is 7.11 Å². The van der Waals surface area contributed by atoms with Crippen LogP contribution in [0.15, 0.2) is 18.3 Å². The van der Waals surface area contributed by atoms with Crippen LogP contribution in [0.5, 0.6) is 0 Å². The van der Waals surface area contributed by atoms with Crippen LogP contribution in [0.4, 0.5) is 5.82 Å². The predicted octanol–water partition coefficient (Wildman–Crippen LogP) is 3.37. The summed E-state index contributed by atoms with van der Waals surface area (Å²) in [5, 5.41) is 15.5. The maximum atomic E-state index is 13.3. The molecule has 33 heavy (non-hydrogen) atoms. The van der Waals surface area contributed by atoms with Crippen molar-refractivity contribution in [2.75, 3.05) is 19.0 Å². The molecule has 1 fully saturated rings. The van der Waals surface area contributed by atoms with Gasteiger partial charge in [0.2, 0.25) is 0 Å². The Morgan fingerprint density at radius 3 is 2.55 bits per heavy atom. The van der Waals surface area contributed by atoms with Crippen molar-refractivity contribution in [1.82, 2.24) is 14.7 Å². The molecule has 0 bridgehead atoms. The lowest BCUT2D eigenvalue weighted by molar-refractivity contribution is -0.139. The first-order valence-corrected chi connectivity index (χ1v) is 11.5. The summed E-state index contributed by atoms with van der Waals surface area (Å²) in [5.41, 5.74) is 1.16. The van der Waals surface area contributed by atoms with Crippen molar-refractivity contribution < 1.29 is 24.2 Å². The minimum Gasteiger partial charge on any atom is -0.481 e. The Kier molecular flexibility index (Phi) is 7.61. The van der Waals surface area contributed by atoms with Gasteiger partial charge >= 0.3 is 11.9 Å². The van der Waals surface area contributed by atoms with Crippen LogP contribution < -0.4 is 10.6 Å². The highest BCUT2D eigenvalue weighted by atomic mass is 16.5. The quantitative estimate of drug-likeness (QED) is 0.518. The number of nitrogens with zero attached hydrogens (tertiary/aromatic N) is 2. The third-order valence-corrected chi connectivity index (χ3v) is 6.16. The van der Waals surface area contributed by atoms with Crippen molar-refractivity contribution in [3.63, 3.8) is 0 Å². The van der Waals surface area contributed by atoms with Crippen molar-refractivity contribution in [2.24, 2.45) is 5.92 Å². The number of carboxylic acids is 1. The number of rotatable bonds is 8. The number of aromatic nitrogens is 2. The van der Waals surface area contributed by atoms with Gasteiger partial charge in [0, 0.05) is 17.7 Å². The normalized spacial score (nSPS) is 15.8. The number of imidazole rings is 1. The Hall–Kier alpha value is -3.10. The van der Waals surface area contributed by atoms with Crippen LogP contribution in [-0.4, -0.2) is 52.0 Å². The Balaban J connectivity index is 1.96. The van der Waals surface area contributed by atoms with E-state index < -0.39 is 18.0 Å². The number of hydrogen-bond acceptors (Lipinski definition) is 6. The second-order valence-corrected chi connectivity index (χ2v) is 9.68. The summed E-state index contributed by atoms with van der Waals surface area (Å²) >= 11 is 0. The largest absolute Gasteiger partial charge is 0.481 e. The van der Waals surface area contributed by atoms with E-state index >= 15 is 0 Å². The van der Waals surface area contributed by atoms with Crippen molar-refractivity contribution >= 4 is 29.3 Å². The molecule has 9 heteroatoms. The van der Waals surface area contributed by atoms with E-state index in [0.717, 1.165) is 32.1 Å². The van der Waals surface area contributed by atoms with Gasteiger partial charge in [0.1, 0.15) is 12.4 Å². The lowest BCUT2D eigenvalue weighted by atomic mass is 9.82. The molecule has 2 aromatic heterocycles. The SMILES string of the molecule is COC(=O)CNc1c(C(C)(C)C)nc2c(C(=O)NC(CC(=O)O)C3CCCCC3)cccn12. The molecule has 1 aliphatic rings. The Morgan fingerprint density at radius 2 is 1.94 bits per heavy atom. The predicted molar refractivity (Wildman–Crippen MR) is 124 cm³/mol. The number of amides is 1. The number of hydrogen-bond donors (Lipinski definition) is 3. The van der Waals surface area contributed by atoms with Gasteiger partial charge < -0.3 is 20.5 Å². The van der Waals surface area contributed by atoms with Gasteiger partial charge in [0.25, 0.3) is 5.91 Å². The van der Waals surface area contributed by atoms with Crippen LogP contribution in [0.25, 0.3) is 5.65 Å². The summed E-state index contributed by atoms with van der Waals surface area (Å²) in [6, 6.07) is 3.00. The van der Waals surface area contributed by atoms with Gasteiger partial charge in [0.05, 0.1) is 24.8 Å². The van der Waals surface area contributed by atoms with E-state index in [1.807, 2.05) is 20.8 Å². The Bertz CT molecular complexity index is 1020. The monoisotopic (exact) mass is 458 g/mol. The average Bonchev–Trinajstić information content (AvgIpc) is 3.16. The molecule has 3 N–H and O–H groups in total. The summed E-state index contributed by atoms with van der Waals surface area (Å²) < 4.78 is 6.49. The molecule has 2 aromatic rings. The highest BCUT2D eigenvalue weighted by Gasteiger charge is 2.30. The molecule has 0 saturated heterocycles. The van der Waals surface area contributed by atoms with E-state index in [1.54, 1.807) is 22.7 Å².